The topological polar surface area (TPSA) is 82.3 Å². The molecule has 33 heavy (non-hydrogen) atoms. The summed E-state index contributed by atoms with van der Waals surface area (Å²) in [6, 6.07) is 13.2. The normalized spacial score (nSPS) is 15.4. The Morgan fingerprint density at radius 1 is 1.09 bits per heavy atom. The van der Waals surface area contributed by atoms with Crippen molar-refractivity contribution in [1.29, 1.82) is 0 Å². The van der Waals surface area contributed by atoms with Gasteiger partial charge in [0.2, 0.25) is 11.8 Å². The average molecular weight is 446 g/mol. The highest BCUT2D eigenvalue weighted by Crippen LogP contribution is 2.25. The van der Waals surface area contributed by atoms with Crippen molar-refractivity contribution < 1.29 is 14.4 Å². The molecule has 0 bridgehead atoms. The molecule has 0 spiro atoms. The van der Waals surface area contributed by atoms with E-state index < -0.39 is 6.04 Å². The van der Waals surface area contributed by atoms with Gasteiger partial charge in [0.05, 0.1) is 0 Å². The number of carbonyl (C=O) groups excluding carboxylic acids is 3. The number of aromatic nitrogens is 1. The van der Waals surface area contributed by atoms with Crippen LogP contribution in [-0.4, -0.2) is 46.6 Å². The summed E-state index contributed by atoms with van der Waals surface area (Å²) in [5, 5.41) is 3.90. The number of rotatable bonds is 6. The predicted molar refractivity (Wildman–Crippen MR) is 129 cm³/mol. The zero-order valence-corrected chi connectivity index (χ0v) is 19.5. The number of fused-ring (bicyclic) bond motifs is 1. The molecule has 2 amide bonds. The molecule has 2 aromatic carbocycles. The Morgan fingerprint density at radius 2 is 1.82 bits per heavy atom. The van der Waals surface area contributed by atoms with Gasteiger partial charge in [-0.3, -0.25) is 14.4 Å². The van der Waals surface area contributed by atoms with Crippen molar-refractivity contribution in [3.8, 4) is 0 Å². The summed E-state index contributed by atoms with van der Waals surface area (Å²) in [7, 11) is 0. The van der Waals surface area contributed by atoms with Crippen LogP contribution in [0.2, 0.25) is 0 Å². The lowest BCUT2D eigenvalue weighted by molar-refractivity contribution is -0.137. The highest BCUT2D eigenvalue weighted by Gasteiger charge is 2.32. The number of piperidine rings is 1. The molecule has 2 N–H and O–H groups in total. The van der Waals surface area contributed by atoms with Crippen molar-refractivity contribution in [3.05, 3.63) is 70.9 Å². The van der Waals surface area contributed by atoms with Crippen molar-refractivity contribution in [2.24, 2.45) is 5.92 Å². The van der Waals surface area contributed by atoms with Gasteiger partial charge >= 0.3 is 0 Å². The maximum absolute atomic E-state index is 13.4. The summed E-state index contributed by atoms with van der Waals surface area (Å²) in [6.07, 6.45) is 3.60. The van der Waals surface area contributed by atoms with E-state index in [9.17, 15) is 14.4 Å². The van der Waals surface area contributed by atoms with Crippen molar-refractivity contribution in [1.82, 2.24) is 15.2 Å². The van der Waals surface area contributed by atoms with E-state index in [-0.39, 0.29) is 23.5 Å². The molecular formula is C27H31N3O3. The number of hydrogen-bond donors (Lipinski definition) is 2. The van der Waals surface area contributed by atoms with E-state index in [0.29, 0.717) is 32.4 Å². The van der Waals surface area contributed by atoms with Crippen molar-refractivity contribution in [3.63, 3.8) is 0 Å². The second kappa shape index (κ2) is 9.61. The number of benzene rings is 2. The van der Waals surface area contributed by atoms with Crippen LogP contribution in [0.4, 0.5) is 0 Å². The van der Waals surface area contributed by atoms with Gasteiger partial charge in [0, 0.05) is 55.0 Å². The zero-order chi connectivity index (χ0) is 23.5. The Hall–Kier alpha value is -3.41. The van der Waals surface area contributed by atoms with E-state index in [0.717, 1.165) is 33.2 Å². The van der Waals surface area contributed by atoms with Crippen molar-refractivity contribution in [2.45, 2.75) is 46.1 Å². The molecular weight excluding hydrogens is 414 g/mol. The molecule has 1 aliphatic heterocycles. The Morgan fingerprint density at radius 3 is 2.52 bits per heavy atom. The van der Waals surface area contributed by atoms with E-state index in [1.54, 1.807) is 4.90 Å². The SMILES string of the molecule is CC(=O)NC(Cc1c[nH]c2ccccc12)C(=O)N1CCC(C(=O)c2ccc(C)cc2C)CC1. The van der Waals surface area contributed by atoms with Gasteiger partial charge in [-0.2, -0.15) is 0 Å². The van der Waals surface area contributed by atoms with E-state index in [1.165, 1.54) is 6.92 Å². The number of para-hydroxylation sites is 1. The molecule has 0 saturated carbocycles. The Kier molecular flexibility index (Phi) is 6.63. The first kappa shape index (κ1) is 22.8. The zero-order valence-electron chi connectivity index (χ0n) is 19.5. The standard InChI is InChI=1S/C27H31N3O3/c1-17-8-9-22(18(2)14-17)26(32)20-10-12-30(13-11-20)27(33)25(29-19(3)31)15-21-16-28-24-7-5-4-6-23(21)24/h4-9,14,16,20,25,28H,10-13,15H2,1-3H3,(H,29,31). The lowest BCUT2D eigenvalue weighted by Crippen LogP contribution is -2.51. The summed E-state index contributed by atoms with van der Waals surface area (Å²) < 4.78 is 0. The van der Waals surface area contributed by atoms with Gasteiger partial charge in [-0.05, 0) is 43.9 Å². The number of aryl methyl sites for hydroxylation is 2. The summed E-state index contributed by atoms with van der Waals surface area (Å²) >= 11 is 0. The second-order valence-electron chi connectivity index (χ2n) is 9.10. The molecule has 0 aliphatic carbocycles. The maximum atomic E-state index is 13.4. The number of amides is 2. The first-order valence-electron chi connectivity index (χ1n) is 11.6. The van der Waals surface area contributed by atoms with Crippen LogP contribution in [-0.2, 0) is 16.0 Å². The maximum Gasteiger partial charge on any atom is 0.245 e. The molecule has 1 aliphatic rings. The number of aromatic amines is 1. The van der Waals surface area contributed by atoms with Gasteiger partial charge in [-0.25, -0.2) is 0 Å². The number of ketones is 1. The van der Waals surface area contributed by atoms with Gasteiger partial charge < -0.3 is 15.2 Å². The fourth-order valence-corrected chi connectivity index (χ4v) is 4.86. The predicted octanol–water partition coefficient (Wildman–Crippen LogP) is 3.95. The Bertz CT molecular complexity index is 1190. The molecule has 172 valence electrons. The molecule has 2 heterocycles. The first-order chi connectivity index (χ1) is 15.8. The molecule has 0 radical (unpaired) electrons. The molecule has 3 aromatic rings. The van der Waals surface area contributed by atoms with E-state index >= 15 is 0 Å². The molecule has 1 unspecified atom stereocenters. The Balaban J connectivity index is 1.43. The van der Waals surface area contributed by atoms with E-state index in [4.69, 9.17) is 0 Å². The smallest absolute Gasteiger partial charge is 0.245 e. The molecule has 1 saturated heterocycles. The fraction of sp³-hybridized carbons (Fsp3) is 0.370. The van der Waals surface area contributed by atoms with Crippen LogP contribution in [0.1, 0.15) is 46.8 Å². The quantitative estimate of drug-likeness (QED) is 0.564. The molecule has 4 rings (SSSR count). The highest BCUT2D eigenvalue weighted by molar-refractivity contribution is 5.99. The molecule has 1 aromatic heterocycles. The lowest BCUT2D eigenvalue weighted by Gasteiger charge is -2.34. The monoisotopic (exact) mass is 445 g/mol. The highest BCUT2D eigenvalue weighted by atomic mass is 16.2. The van der Waals surface area contributed by atoms with Crippen LogP contribution in [0.3, 0.4) is 0 Å². The van der Waals surface area contributed by atoms with Crippen LogP contribution >= 0.6 is 0 Å². The van der Waals surface area contributed by atoms with Crippen LogP contribution in [0.25, 0.3) is 10.9 Å². The molecule has 1 atom stereocenters. The lowest BCUT2D eigenvalue weighted by atomic mass is 9.86. The number of nitrogens with one attached hydrogen (secondary N) is 2. The third-order valence-corrected chi connectivity index (χ3v) is 6.60. The number of H-pyrrole nitrogens is 1. The largest absolute Gasteiger partial charge is 0.361 e. The summed E-state index contributed by atoms with van der Waals surface area (Å²) in [5.41, 5.74) is 4.93. The first-order valence-corrected chi connectivity index (χ1v) is 11.6. The molecule has 6 heteroatoms. The third kappa shape index (κ3) is 5.00. The van der Waals surface area contributed by atoms with Gasteiger partial charge in [-0.15, -0.1) is 0 Å². The van der Waals surface area contributed by atoms with Gasteiger partial charge in [-0.1, -0.05) is 42.0 Å². The summed E-state index contributed by atoms with van der Waals surface area (Å²) in [4.78, 5) is 43.3. The fourth-order valence-electron chi connectivity index (χ4n) is 4.86. The Labute approximate surface area is 194 Å². The minimum Gasteiger partial charge on any atom is -0.361 e. The second-order valence-corrected chi connectivity index (χ2v) is 9.10. The van der Waals surface area contributed by atoms with Gasteiger partial charge in [0.15, 0.2) is 5.78 Å². The minimum atomic E-state index is -0.631. The summed E-state index contributed by atoms with van der Waals surface area (Å²) in [6.45, 7) is 6.47. The van der Waals surface area contributed by atoms with Gasteiger partial charge in [0.1, 0.15) is 6.04 Å². The molecule has 6 nitrogen and oxygen atoms in total. The number of carbonyl (C=O) groups is 3. The summed E-state index contributed by atoms with van der Waals surface area (Å²) in [5.74, 6) is -0.235. The number of likely N-dealkylation sites (tertiary alicyclic amines) is 1. The van der Waals surface area contributed by atoms with Crippen LogP contribution < -0.4 is 5.32 Å². The third-order valence-electron chi connectivity index (χ3n) is 6.60. The van der Waals surface area contributed by atoms with Crippen molar-refractivity contribution in [2.75, 3.05) is 13.1 Å². The average Bonchev–Trinajstić information content (AvgIpc) is 3.20. The van der Waals surface area contributed by atoms with Crippen LogP contribution in [0.5, 0.6) is 0 Å². The van der Waals surface area contributed by atoms with Gasteiger partial charge in [0.25, 0.3) is 0 Å². The molecule has 1 fully saturated rings. The number of Topliss-reactive ketones (excluding diaryl/α,β-unsaturated/α-hetero) is 1. The van der Waals surface area contributed by atoms with E-state index in [2.05, 4.69) is 10.3 Å². The van der Waals surface area contributed by atoms with E-state index in [1.807, 2.05) is 62.5 Å². The van der Waals surface area contributed by atoms with Crippen molar-refractivity contribution >= 4 is 28.5 Å². The van der Waals surface area contributed by atoms with Crippen LogP contribution in [0, 0.1) is 19.8 Å². The minimum absolute atomic E-state index is 0.0803. The number of nitrogens with zero attached hydrogens (tertiary/aromatic N) is 1. The van der Waals surface area contributed by atoms with Crippen LogP contribution in [0.15, 0.2) is 48.7 Å². The number of hydrogen-bond acceptors (Lipinski definition) is 3.